The van der Waals surface area contributed by atoms with Gasteiger partial charge >= 0.3 is 0 Å². The minimum atomic E-state index is -0.420. The van der Waals surface area contributed by atoms with Gasteiger partial charge in [-0.15, -0.1) is 0 Å². The Labute approximate surface area is 184 Å². The molecule has 32 heavy (non-hydrogen) atoms. The van der Waals surface area contributed by atoms with E-state index in [0.29, 0.717) is 25.0 Å². The van der Waals surface area contributed by atoms with Gasteiger partial charge < -0.3 is 4.90 Å². The first-order valence-electron chi connectivity index (χ1n) is 10.4. The summed E-state index contributed by atoms with van der Waals surface area (Å²) in [5.74, 6) is 0.0282. The number of H-pyrrole nitrogens is 1. The second kappa shape index (κ2) is 7.57. The maximum atomic E-state index is 11.7. The molecule has 9 heteroatoms. The molecule has 0 saturated heterocycles. The molecule has 1 N–H and O–H groups in total. The molecule has 1 saturated carbocycles. The monoisotopic (exact) mass is 426 g/mol. The van der Waals surface area contributed by atoms with Crippen LogP contribution in [-0.2, 0) is 10.3 Å². The topological polar surface area (TPSA) is 116 Å². The van der Waals surface area contributed by atoms with E-state index in [2.05, 4.69) is 21.3 Å². The first kappa shape index (κ1) is 19.9. The lowest BCUT2D eigenvalue weighted by Gasteiger charge is -2.49. The lowest BCUT2D eigenvalue weighted by molar-refractivity contribution is -0.134. The summed E-state index contributed by atoms with van der Waals surface area (Å²) in [5.41, 5.74) is 3.37. The molecule has 0 radical (unpaired) electrons. The van der Waals surface area contributed by atoms with Crippen LogP contribution in [0.5, 0.6) is 0 Å². The van der Waals surface area contributed by atoms with Crippen molar-refractivity contribution in [3.05, 3.63) is 48.9 Å². The van der Waals surface area contributed by atoms with Crippen LogP contribution < -0.4 is 0 Å². The van der Waals surface area contributed by atoms with E-state index in [9.17, 15) is 10.1 Å². The highest BCUT2D eigenvalue weighted by Gasteiger charge is 2.48. The number of aromatic amines is 1. The smallest absolute Gasteiger partial charge is 0.219 e. The van der Waals surface area contributed by atoms with E-state index in [1.165, 1.54) is 0 Å². The molecule has 0 bridgehead atoms. The van der Waals surface area contributed by atoms with Gasteiger partial charge in [0.2, 0.25) is 5.91 Å². The van der Waals surface area contributed by atoms with Crippen LogP contribution >= 0.6 is 0 Å². The van der Waals surface area contributed by atoms with E-state index in [1.807, 2.05) is 48.3 Å². The summed E-state index contributed by atoms with van der Waals surface area (Å²) < 4.78 is 1.88. The average Bonchev–Trinajstić information content (AvgIpc) is 3.47. The van der Waals surface area contributed by atoms with Crippen LogP contribution in [0, 0.1) is 11.3 Å². The summed E-state index contributed by atoms with van der Waals surface area (Å²) in [6.45, 7) is 1.56. The van der Waals surface area contributed by atoms with Crippen LogP contribution in [0.3, 0.4) is 0 Å². The van der Waals surface area contributed by atoms with Gasteiger partial charge in [0.25, 0.3) is 0 Å². The molecule has 4 heterocycles. The highest BCUT2D eigenvalue weighted by Crippen LogP contribution is 2.44. The Hall–Kier alpha value is -4.06. The molecule has 4 aromatic heterocycles. The van der Waals surface area contributed by atoms with Gasteiger partial charge in [0.05, 0.1) is 34.9 Å². The second-order valence-corrected chi connectivity index (χ2v) is 8.29. The summed E-state index contributed by atoms with van der Waals surface area (Å²) >= 11 is 0. The van der Waals surface area contributed by atoms with Crippen LogP contribution in [0.4, 0.5) is 0 Å². The number of nitriles is 1. The van der Waals surface area contributed by atoms with E-state index in [1.54, 1.807) is 24.2 Å². The normalized spacial score (nSPS) is 20.0. The molecule has 1 aliphatic rings. The predicted molar refractivity (Wildman–Crippen MR) is 118 cm³/mol. The zero-order chi connectivity index (χ0) is 22.3. The van der Waals surface area contributed by atoms with Gasteiger partial charge in [0.1, 0.15) is 11.4 Å². The minimum Gasteiger partial charge on any atom is -0.343 e. The first-order chi connectivity index (χ1) is 15.5. The predicted octanol–water partition coefficient (Wildman–Crippen LogP) is 3.13. The third-order valence-corrected chi connectivity index (χ3v) is 6.38. The number of nitrogens with one attached hydrogen (secondary N) is 1. The molecule has 1 amide bonds. The number of amides is 1. The van der Waals surface area contributed by atoms with Gasteiger partial charge in [-0.3, -0.25) is 19.6 Å². The Kier molecular flexibility index (Phi) is 4.70. The summed E-state index contributed by atoms with van der Waals surface area (Å²) in [7, 11) is 1.81. The van der Waals surface area contributed by atoms with E-state index in [-0.39, 0.29) is 11.9 Å². The van der Waals surface area contributed by atoms with Crippen molar-refractivity contribution in [3.8, 4) is 28.8 Å². The summed E-state index contributed by atoms with van der Waals surface area (Å²) in [4.78, 5) is 22.9. The number of rotatable bonds is 5. The Bertz CT molecular complexity index is 1330. The van der Waals surface area contributed by atoms with Crippen molar-refractivity contribution >= 4 is 16.8 Å². The molecule has 1 aliphatic carbocycles. The molecule has 0 aliphatic heterocycles. The fraction of sp³-hybridized carbons (Fsp3) is 0.304. The van der Waals surface area contributed by atoms with Crippen LogP contribution in [0.1, 0.15) is 26.2 Å². The molecule has 1 fully saturated rings. The molecule has 4 aromatic rings. The Morgan fingerprint density at radius 3 is 2.88 bits per heavy atom. The number of aromatic nitrogens is 6. The van der Waals surface area contributed by atoms with Crippen molar-refractivity contribution < 1.29 is 4.79 Å². The Balaban J connectivity index is 1.55. The lowest BCUT2D eigenvalue weighted by Crippen LogP contribution is -2.56. The molecule has 9 nitrogen and oxygen atoms in total. The van der Waals surface area contributed by atoms with Gasteiger partial charge in [-0.25, -0.2) is 4.98 Å². The fourth-order valence-electron chi connectivity index (χ4n) is 4.43. The van der Waals surface area contributed by atoms with E-state index < -0.39 is 5.54 Å². The van der Waals surface area contributed by atoms with Crippen LogP contribution in [0.15, 0.2) is 48.9 Å². The number of carbonyl (C=O) groups excluding carboxylic acids is 1. The molecular weight excluding hydrogens is 404 g/mol. The third-order valence-electron chi connectivity index (χ3n) is 6.38. The Morgan fingerprint density at radius 1 is 1.31 bits per heavy atom. The Morgan fingerprint density at radius 2 is 2.16 bits per heavy atom. The number of carbonyl (C=O) groups is 1. The summed E-state index contributed by atoms with van der Waals surface area (Å²) in [5, 5.41) is 22.2. The molecule has 0 atom stereocenters. The van der Waals surface area contributed by atoms with Crippen molar-refractivity contribution in [2.75, 3.05) is 7.05 Å². The van der Waals surface area contributed by atoms with Crippen molar-refractivity contribution in [1.29, 1.82) is 5.26 Å². The number of pyridine rings is 2. The van der Waals surface area contributed by atoms with Crippen molar-refractivity contribution in [2.45, 2.75) is 37.8 Å². The highest BCUT2D eigenvalue weighted by atomic mass is 16.2. The number of hydrogen-bond donors (Lipinski definition) is 1. The van der Waals surface area contributed by atoms with Crippen LogP contribution in [0.25, 0.3) is 33.7 Å². The molecule has 5 rings (SSSR count). The maximum Gasteiger partial charge on any atom is 0.219 e. The van der Waals surface area contributed by atoms with E-state index >= 15 is 0 Å². The zero-order valence-corrected chi connectivity index (χ0v) is 17.9. The second-order valence-electron chi connectivity index (χ2n) is 8.29. The quantitative estimate of drug-likeness (QED) is 0.524. The average molecular weight is 426 g/mol. The van der Waals surface area contributed by atoms with Gasteiger partial charge in [-0.1, -0.05) is 0 Å². The van der Waals surface area contributed by atoms with Crippen molar-refractivity contribution in [3.63, 3.8) is 0 Å². The third kappa shape index (κ3) is 3.21. The molecule has 0 aromatic carbocycles. The molecule has 0 unspecified atom stereocenters. The highest BCUT2D eigenvalue weighted by molar-refractivity contribution is 5.93. The SMILES string of the molecule is CC(=O)N(C)C1CC(CC#N)(n2ccc(-c3nc(-c4ccn[nH]4)cc4ncccc34)n2)C1. The first-order valence-corrected chi connectivity index (χ1v) is 10.4. The number of fused-ring (bicyclic) bond motifs is 1. The van der Waals surface area contributed by atoms with E-state index in [0.717, 1.165) is 28.0 Å². The lowest BCUT2D eigenvalue weighted by atomic mass is 9.70. The van der Waals surface area contributed by atoms with E-state index in [4.69, 9.17) is 10.1 Å². The molecule has 160 valence electrons. The minimum absolute atomic E-state index is 0.0282. The summed E-state index contributed by atoms with van der Waals surface area (Å²) in [6.07, 6.45) is 7.07. The zero-order valence-electron chi connectivity index (χ0n) is 17.9. The van der Waals surface area contributed by atoms with Crippen molar-refractivity contribution in [2.24, 2.45) is 0 Å². The number of hydrogen-bond acceptors (Lipinski definition) is 6. The van der Waals surface area contributed by atoms with Crippen LogP contribution in [-0.4, -0.2) is 53.8 Å². The summed E-state index contributed by atoms with van der Waals surface area (Å²) in [6, 6.07) is 12.0. The maximum absolute atomic E-state index is 11.7. The van der Waals surface area contributed by atoms with Crippen molar-refractivity contribution in [1.82, 2.24) is 34.8 Å². The van der Waals surface area contributed by atoms with Gasteiger partial charge in [-0.05, 0) is 43.2 Å². The van der Waals surface area contributed by atoms with Gasteiger partial charge in [0.15, 0.2) is 0 Å². The van der Waals surface area contributed by atoms with Gasteiger partial charge in [-0.2, -0.15) is 15.5 Å². The molecule has 0 spiro atoms. The largest absolute Gasteiger partial charge is 0.343 e. The van der Waals surface area contributed by atoms with Crippen LogP contribution in [0.2, 0.25) is 0 Å². The molecular formula is C23H22N8O. The van der Waals surface area contributed by atoms with Gasteiger partial charge in [0, 0.05) is 44.0 Å². The number of nitrogens with zero attached hydrogens (tertiary/aromatic N) is 7. The standard InChI is InChI=1S/C23H22N8O/c1-15(32)30(2)16-13-23(14-16,7-8-24)31-11-6-19(29-31)22-17-4-3-9-25-20(17)12-21(27-22)18-5-10-26-28-18/h3-6,9-12,16H,7,13-14H2,1-2H3,(H,26,28). The fourth-order valence-corrected chi connectivity index (χ4v) is 4.43.